The fourth-order valence-electron chi connectivity index (χ4n) is 3.86. The number of esters is 1. The van der Waals surface area contributed by atoms with Crippen LogP contribution in [-0.4, -0.2) is 36.2 Å². The van der Waals surface area contributed by atoms with Crippen LogP contribution >= 0.6 is 0 Å². The first-order chi connectivity index (χ1) is 11.2. The van der Waals surface area contributed by atoms with Crippen LogP contribution in [0.25, 0.3) is 0 Å². The molecule has 1 aliphatic carbocycles. The molecule has 23 heavy (non-hydrogen) atoms. The van der Waals surface area contributed by atoms with Gasteiger partial charge in [-0.2, -0.15) is 0 Å². The van der Waals surface area contributed by atoms with Gasteiger partial charge in [-0.25, -0.2) is 9.59 Å². The van der Waals surface area contributed by atoms with Gasteiger partial charge in [-0.05, 0) is 30.7 Å². The van der Waals surface area contributed by atoms with E-state index >= 15 is 0 Å². The standard InChI is InChI=1S/C18H23NO4/c1-22-17(20)16-11-14-9-5-6-10-15(14)19(16)18(21)23-12-13-7-3-2-4-8-13/h2-4,7-8,14-16H,5-6,9-12H2,1H3. The summed E-state index contributed by atoms with van der Waals surface area (Å²) in [6.07, 6.45) is 4.56. The van der Waals surface area contributed by atoms with Crippen molar-refractivity contribution in [1.82, 2.24) is 4.90 Å². The molecular formula is C18H23NO4. The molecule has 1 saturated carbocycles. The number of fused-ring (bicyclic) bond motifs is 1. The van der Waals surface area contributed by atoms with Crippen LogP contribution in [0.15, 0.2) is 30.3 Å². The topological polar surface area (TPSA) is 55.8 Å². The normalized spacial score (nSPS) is 26.5. The molecule has 5 heteroatoms. The number of methoxy groups -OCH3 is 1. The van der Waals surface area contributed by atoms with Gasteiger partial charge in [-0.3, -0.25) is 4.90 Å². The lowest BCUT2D eigenvalue weighted by atomic mass is 9.85. The number of likely N-dealkylation sites (tertiary alicyclic amines) is 1. The second kappa shape index (κ2) is 7.02. The van der Waals surface area contributed by atoms with Crippen LogP contribution in [0.2, 0.25) is 0 Å². The number of hydrogen-bond donors (Lipinski definition) is 0. The zero-order valence-corrected chi connectivity index (χ0v) is 13.4. The monoisotopic (exact) mass is 317 g/mol. The third-order valence-electron chi connectivity index (χ3n) is 4.98. The summed E-state index contributed by atoms with van der Waals surface area (Å²) in [5.41, 5.74) is 0.940. The third-order valence-corrected chi connectivity index (χ3v) is 4.98. The van der Waals surface area contributed by atoms with Crippen LogP contribution in [0, 0.1) is 5.92 Å². The second-order valence-electron chi connectivity index (χ2n) is 6.33. The van der Waals surface area contributed by atoms with E-state index in [0.29, 0.717) is 12.3 Å². The summed E-state index contributed by atoms with van der Waals surface area (Å²) in [6, 6.07) is 9.18. The maximum absolute atomic E-state index is 12.6. The smallest absolute Gasteiger partial charge is 0.411 e. The molecule has 5 nitrogen and oxygen atoms in total. The van der Waals surface area contributed by atoms with Gasteiger partial charge in [-0.1, -0.05) is 43.2 Å². The molecule has 0 radical (unpaired) electrons. The predicted octanol–water partition coefficient (Wildman–Crippen LogP) is 3.13. The van der Waals surface area contributed by atoms with Gasteiger partial charge in [-0.15, -0.1) is 0 Å². The fraction of sp³-hybridized carbons (Fsp3) is 0.556. The summed E-state index contributed by atoms with van der Waals surface area (Å²) in [7, 11) is 1.37. The average Bonchev–Trinajstić information content (AvgIpc) is 2.99. The van der Waals surface area contributed by atoms with Gasteiger partial charge in [0.1, 0.15) is 12.6 Å². The first kappa shape index (κ1) is 15.8. The molecular weight excluding hydrogens is 294 g/mol. The predicted molar refractivity (Wildman–Crippen MR) is 84.6 cm³/mol. The quantitative estimate of drug-likeness (QED) is 0.804. The summed E-state index contributed by atoms with van der Waals surface area (Å²) in [5.74, 6) is 0.0492. The van der Waals surface area contributed by atoms with Crippen LogP contribution in [0.1, 0.15) is 37.7 Å². The molecule has 1 aliphatic heterocycles. The molecule has 1 aromatic carbocycles. The molecule has 1 amide bonds. The fourth-order valence-corrected chi connectivity index (χ4v) is 3.86. The van der Waals surface area contributed by atoms with Crippen LogP contribution in [0.4, 0.5) is 4.79 Å². The minimum absolute atomic E-state index is 0.108. The second-order valence-corrected chi connectivity index (χ2v) is 6.33. The van der Waals surface area contributed by atoms with E-state index in [-0.39, 0.29) is 18.6 Å². The molecule has 0 bridgehead atoms. The summed E-state index contributed by atoms with van der Waals surface area (Å²) in [4.78, 5) is 26.3. The van der Waals surface area contributed by atoms with Crippen LogP contribution in [0.5, 0.6) is 0 Å². The Kier molecular flexibility index (Phi) is 4.84. The largest absolute Gasteiger partial charge is 0.467 e. The Balaban J connectivity index is 1.70. The third kappa shape index (κ3) is 3.33. The van der Waals surface area contributed by atoms with Crippen molar-refractivity contribution in [3.05, 3.63) is 35.9 Å². The Morgan fingerprint density at radius 1 is 1.17 bits per heavy atom. The minimum atomic E-state index is -0.503. The van der Waals surface area contributed by atoms with E-state index in [9.17, 15) is 9.59 Å². The maximum Gasteiger partial charge on any atom is 0.411 e. The minimum Gasteiger partial charge on any atom is -0.467 e. The number of nitrogens with zero attached hydrogens (tertiary/aromatic N) is 1. The SMILES string of the molecule is COC(=O)C1CC2CCCCC2N1C(=O)OCc1ccccc1. The van der Waals surface area contributed by atoms with E-state index in [1.54, 1.807) is 4.90 Å². The average molecular weight is 317 g/mol. The molecule has 2 fully saturated rings. The van der Waals surface area contributed by atoms with Crippen molar-refractivity contribution >= 4 is 12.1 Å². The van der Waals surface area contributed by atoms with Crippen molar-refractivity contribution in [2.24, 2.45) is 5.92 Å². The number of rotatable bonds is 3. The van der Waals surface area contributed by atoms with Crippen molar-refractivity contribution < 1.29 is 19.1 Å². The van der Waals surface area contributed by atoms with E-state index in [4.69, 9.17) is 9.47 Å². The van der Waals surface area contributed by atoms with Crippen LogP contribution in [0.3, 0.4) is 0 Å². The first-order valence-electron chi connectivity index (χ1n) is 8.27. The van der Waals surface area contributed by atoms with Gasteiger partial charge in [0.2, 0.25) is 0 Å². The van der Waals surface area contributed by atoms with Crippen LogP contribution < -0.4 is 0 Å². The van der Waals surface area contributed by atoms with E-state index in [1.165, 1.54) is 13.5 Å². The summed E-state index contributed by atoms with van der Waals surface area (Å²) < 4.78 is 10.4. The van der Waals surface area contributed by atoms with E-state index in [1.807, 2.05) is 30.3 Å². The number of amides is 1. The highest BCUT2D eigenvalue weighted by Gasteiger charge is 2.48. The molecule has 1 aromatic rings. The Bertz CT molecular complexity index is 559. The van der Waals surface area contributed by atoms with Gasteiger partial charge in [0, 0.05) is 6.04 Å². The number of benzene rings is 1. The lowest BCUT2D eigenvalue weighted by Gasteiger charge is -2.32. The van der Waals surface area contributed by atoms with Gasteiger partial charge in [0.15, 0.2) is 0 Å². The first-order valence-corrected chi connectivity index (χ1v) is 8.27. The van der Waals surface area contributed by atoms with E-state index < -0.39 is 12.1 Å². The molecule has 0 spiro atoms. The molecule has 3 unspecified atom stereocenters. The molecule has 3 rings (SSSR count). The van der Waals surface area contributed by atoms with Crippen molar-refractivity contribution in [2.45, 2.75) is 50.8 Å². The highest BCUT2D eigenvalue weighted by molar-refractivity contribution is 5.82. The zero-order valence-electron chi connectivity index (χ0n) is 13.4. The number of carbonyl (C=O) groups is 2. The summed E-state index contributed by atoms with van der Waals surface area (Å²) in [6.45, 7) is 0.224. The molecule has 2 aliphatic rings. The zero-order chi connectivity index (χ0) is 16.2. The number of carbonyl (C=O) groups excluding carboxylic acids is 2. The van der Waals surface area contributed by atoms with Crippen molar-refractivity contribution in [2.75, 3.05) is 7.11 Å². The van der Waals surface area contributed by atoms with Gasteiger partial charge in [0.05, 0.1) is 7.11 Å². The van der Waals surface area contributed by atoms with Crippen molar-refractivity contribution in [1.29, 1.82) is 0 Å². The summed E-state index contributed by atoms with van der Waals surface area (Å²) >= 11 is 0. The van der Waals surface area contributed by atoms with E-state index in [0.717, 1.165) is 24.8 Å². The molecule has 3 atom stereocenters. The Morgan fingerprint density at radius 3 is 2.65 bits per heavy atom. The van der Waals surface area contributed by atoms with Crippen LogP contribution in [-0.2, 0) is 20.9 Å². The molecule has 1 saturated heterocycles. The Hall–Kier alpha value is -2.04. The van der Waals surface area contributed by atoms with Gasteiger partial charge < -0.3 is 9.47 Å². The lowest BCUT2D eigenvalue weighted by molar-refractivity contribution is -0.145. The maximum atomic E-state index is 12.6. The highest BCUT2D eigenvalue weighted by atomic mass is 16.6. The van der Waals surface area contributed by atoms with Gasteiger partial charge in [0.25, 0.3) is 0 Å². The number of ether oxygens (including phenoxy) is 2. The molecule has 124 valence electrons. The van der Waals surface area contributed by atoms with E-state index in [2.05, 4.69) is 0 Å². The Labute approximate surface area is 136 Å². The Morgan fingerprint density at radius 2 is 1.91 bits per heavy atom. The highest BCUT2D eigenvalue weighted by Crippen LogP contribution is 2.40. The molecule has 1 heterocycles. The van der Waals surface area contributed by atoms with Crippen molar-refractivity contribution in [3.8, 4) is 0 Å². The molecule has 0 N–H and O–H groups in total. The number of hydrogen-bond acceptors (Lipinski definition) is 4. The van der Waals surface area contributed by atoms with Crippen molar-refractivity contribution in [3.63, 3.8) is 0 Å². The lowest BCUT2D eigenvalue weighted by Crippen LogP contribution is -2.46. The van der Waals surface area contributed by atoms with Gasteiger partial charge >= 0.3 is 12.1 Å². The summed E-state index contributed by atoms with van der Waals surface area (Å²) in [5, 5.41) is 0. The molecule has 0 aromatic heterocycles.